The van der Waals surface area contributed by atoms with E-state index in [9.17, 15) is 0 Å². The number of allylic oxidation sites excluding steroid dienone is 2. The van der Waals surface area contributed by atoms with Gasteiger partial charge in [0.2, 0.25) is 0 Å². The van der Waals surface area contributed by atoms with Crippen LogP contribution in [0.5, 0.6) is 0 Å². The molecule has 1 unspecified atom stereocenters. The molecule has 5 aromatic carbocycles. The lowest BCUT2D eigenvalue weighted by molar-refractivity contribution is 0.699. The zero-order valence-corrected chi connectivity index (χ0v) is 31.7. The number of anilines is 2. The summed E-state index contributed by atoms with van der Waals surface area (Å²) in [6, 6.07) is 28.7. The van der Waals surface area contributed by atoms with Gasteiger partial charge in [-0.2, -0.15) is 0 Å². The summed E-state index contributed by atoms with van der Waals surface area (Å²) in [5.74, 6) is 8.00. The maximum absolute atomic E-state index is 6.07. The highest BCUT2D eigenvalue weighted by Crippen LogP contribution is 2.34. The van der Waals surface area contributed by atoms with Gasteiger partial charge < -0.3 is 16.4 Å². The average molecular weight is 682 g/mol. The van der Waals surface area contributed by atoms with Crippen molar-refractivity contribution < 1.29 is 0 Å². The molecule has 0 saturated heterocycles. The van der Waals surface area contributed by atoms with E-state index in [4.69, 9.17) is 5.73 Å². The molecule has 8 N–H and O–H groups in total. The first-order chi connectivity index (χ1) is 25.1. The number of nitrogen functional groups attached to an aromatic ring is 1. The van der Waals surface area contributed by atoms with E-state index < -0.39 is 0 Å². The number of hydrogen-bond acceptors (Lipinski definition) is 5. The molecule has 2 aliphatic heterocycles. The van der Waals surface area contributed by atoms with Gasteiger partial charge >= 0.3 is 0 Å². The second-order valence-corrected chi connectivity index (χ2v) is 12.7. The molecular weight excluding hydrogens is 623 g/mol. The van der Waals surface area contributed by atoms with E-state index in [1.165, 1.54) is 84.7 Å². The molecular formula is C46H59N5. The van der Waals surface area contributed by atoms with Gasteiger partial charge in [0.1, 0.15) is 0 Å². The van der Waals surface area contributed by atoms with Crippen molar-refractivity contribution in [3.63, 3.8) is 0 Å². The Morgan fingerprint density at radius 3 is 2.08 bits per heavy atom. The third-order valence-electron chi connectivity index (χ3n) is 9.54. The first-order valence-corrected chi connectivity index (χ1v) is 18.9. The third-order valence-corrected chi connectivity index (χ3v) is 9.54. The van der Waals surface area contributed by atoms with Crippen LogP contribution in [0.3, 0.4) is 0 Å². The molecule has 5 nitrogen and oxygen atoms in total. The van der Waals surface area contributed by atoms with Gasteiger partial charge in [0.15, 0.2) is 0 Å². The summed E-state index contributed by atoms with van der Waals surface area (Å²) in [6.07, 6.45) is 18.2. The summed E-state index contributed by atoms with van der Waals surface area (Å²) in [5.41, 5.74) is 19.4. The molecule has 9 rings (SSSR count). The number of nitrogens with two attached hydrogens (primary N) is 3. The van der Waals surface area contributed by atoms with Crippen LogP contribution in [0.2, 0.25) is 0 Å². The number of hydrazine groups is 1. The fourth-order valence-electron chi connectivity index (χ4n) is 7.26. The minimum Gasteiger partial charge on any atom is -0.398 e. The fraction of sp³-hybridized carbons (Fsp3) is 0.304. The normalized spacial score (nSPS) is 15.5. The maximum atomic E-state index is 6.07. The Morgan fingerprint density at radius 1 is 0.686 bits per heavy atom. The van der Waals surface area contributed by atoms with Crippen LogP contribution >= 0.6 is 0 Å². The first-order valence-electron chi connectivity index (χ1n) is 18.9. The number of aryl methyl sites for hydroxylation is 2. The highest BCUT2D eigenvalue weighted by Gasteiger charge is 2.19. The van der Waals surface area contributed by atoms with Crippen molar-refractivity contribution in [2.24, 2.45) is 11.7 Å². The molecule has 0 spiro atoms. The predicted octanol–water partition coefficient (Wildman–Crippen LogP) is 10.7. The minimum atomic E-state index is 0.581. The van der Waals surface area contributed by atoms with Crippen LogP contribution in [0.4, 0.5) is 11.4 Å². The number of benzene rings is 5. The highest BCUT2D eigenvalue weighted by atomic mass is 15.0. The fourth-order valence-corrected chi connectivity index (χ4v) is 7.26. The number of fused-ring (bicyclic) bond motifs is 7. The Morgan fingerprint density at radius 2 is 1.35 bits per heavy atom. The van der Waals surface area contributed by atoms with E-state index in [1.807, 2.05) is 27.7 Å². The van der Waals surface area contributed by atoms with Crippen LogP contribution in [-0.2, 0) is 19.3 Å². The molecule has 4 aliphatic rings. The van der Waals surface area contributed by atoms with Crippen LogP contribution in [0.25, 0.3) is 39.4 Å². The lowest BCUT2D eigenvalue weighted by Gasteiger charge is -2.15. The SMILES string of the molecule is CC.CC.CC1CC=C(c2cccc3c2NCC3)N1.Cc1cc2c(c3ccccc13)C=CCC2.NN.Nc1cc2ccccc2c2c1CCC=C2. The van der Waals surface area contributed by atoms with Crippen molar-refractivity contribution in [3.8, 4) is 0 Å². The lowest BCUT2D eigenvalue weighted by atomic mass is 9.90. The first kappa shape index (κ1) is 39.0. The number of nitrogens with one attached hydrogen (secondary N) is 2. The van der Waals surface area contributed by atoms with Crippen molar-refractivity contribution in [3.05, 3.63) is 136 Å². The van der Waals surface area contributed by atoms with E-state index in [2.05, 4.69) is 145 Å². The molecule has 1 atom stereocenters. The van der Waals surface area contributed by atoms with Gasteiger partial charge in [0.05, 0.1) is 0 Å². The Balaban J connectivity index is 0.000000160. The van der Waals surface area contributed by atoms with Gasteiger partial charge in [0.25, 0.3) is 0 Å². The molecule has 268 valence electrons. The quantitative estimate of drug-likeness (QED) is 0.0688. The van der Waals surface area contributed by atoms with E-state index in [0.29, 0.717) is 6.04 Å². The molecule has 2 heterocycles. The third kappa shape index (κ3) is 9.10. The Labute approximate surface area is 306 Å². The molecule has 0 aromatic heterocycles. The van der Waals surface area contributed by atoms with E-state index in [1.54, 1.807) is 0 Å². The summed E-state index contributed by atoms with van der Waals surface area (Å²) < 4.78 is 0. The highest BCUT2D eigenvalue weighted by molar-refractivity contribution is 5.96. The molecule has 2 aliphatic carbocycles. The molecule has 5 heteroatoms. The van der Waals surface area contributed by atoms with Crippen LogP contribution in [0.1, 0.15) is 92.8 Å². The topological polar surface area (TPSA) is 102 Å². The van der Waals surface area contributed by atoms with Crippen LogP contribution in [0.15, 0.2) is 97.1 Å². The largest absolute Gasteiger partial charge is 0.398 e. The summed E-state index contributed by atoms with van der Waals surface area (Å²) in [4.78, 5) is 0. The van der Waals surface area contributed by atoms with Gasteiger partial charge in [0, 0.05) is 35.2 Å². The molecule has 0 fully saturated rings. The van der Waals surface area contributed by atoms with Crippen molar-refractivity contribution in [2.75, 3.05) is 17.6 Å². The summed E-state index contributed by atoms with van der Waals surface area (Å²) in [6.45, 7) is 13.5. The van der Waals surface area contributed by atoms with Crippen molar-refractivity contribution in [1.29, 1.82) is 0 Å². The van der Waals surface area contributed by atoms with Gasteiger partial charge in [-0.05, 0) is 113 Å². The number of rotatable bonds is 1. The van der Waals surface area contributed by atoms with Gasteiger partial charge in [-0.15, -0.1) is 0 Å². The molecule has 0 saturated carbocycles. The van der Waals surface area contributed by atoms with Crippen molar-refractivity contribution in [2.45, 2.75) is 86.1 Å². The molecule has 0 bridgehead atoms. The molecule has 0 amide bonds. The van der Waals surface area contributed by atoms with Crippen LogP contribution in [0, 0.1) is 6.92 Å². The molecule has 5 aromatic rings. The second-order valence-electron chi connectivity index (χ2n) is 12.7. The second kappa shape index (κ2) is 19.5. The van der Waals surface area contributed by atoms with E-state index in [-0.39, 0.29) is 0 Å². The van der Waals surface area contributed by atoms with Gasteiger partial charge in [-0.1, -0.05) is 131 Å². The Bertz CT molecular complexity index is 1980. The van der Waals surface area contributed by atoms with E-state index in [0.717, 1.165) is 37.9 Å². The molecule has 51 heavy (non-hydrogen) atoms. The maximum Gasteiger partial charge on any atom is 0.0467 e. The van der Waals surface area contributed by atoms with E-state index >= 15 is 0 Å². The van der Waals surface area contributed by atoms with Gasteiger partial charge in [-0.3, -0.25) is 11.7 Å². The smallest absolute Gasteiger partial charge is 0.0467 e. The average Bonchev–Trinajstić information content (AvgIpc) is 3.87. The minimum absolute atomic E-state index is 0.581. The standard InChI is InChI=1S/C15H14.C14H13N.C13H16N2.2C2H6.H4N2/c1-11-10-12-6-2-3-8-14(12)15-9-5-4-7-13(11)15;15-14-9-10-5-1-2-6-11(10)12-7-3-4-8-13(12)14;1-9-5-6-12(15-9)11-4-2-3-10-7-8-14-13(10)11;3*1-2/h3-5,7-10H,2,6H2,1H3;1-3,5-7,9H,4,8,15H2;2-4,6,9,14-15H,5,7-8H2,1H3;2*1-2H3;1-2H2. The van der Waals surface area contributed by atoms with Crippen molar-refractivity contribution >= 4 is 50.8 Å². The summed E-state index contributed by atoms with van der Waals surface area (Å²) in [7, 11) is 0. The zero-order chi connectivity index (χ0) is 36.8. The Hall–Kier alpha value is -4.84. The van der Waals surface area contributed by atoms with Crippen LogP contribution < -0.4 is 28.1 Å². The predicted molar refractivity (Wildman–Crippen MR) is 227 cm³/mol. The molecule has 0 radical (unpaired) electrons. The number of hydrogen-bond donors (Lipinski definition) is 5. The lowest BCUT2D eigenvalue weighted by Crippen LogP contribution is -2.18. The van der Waals surface area contributed by atoms with Crippen molar-refractivity contribution in [1.82, 2.24) is 5.32 Å². The van der Waals surface area contributed by atoms with Gasteiger partial charge in [-0.25, -0.2) is 0 Å². The number of para-hydroxylation sites is 1. The summed E-state index contributed by atoms with van der Waals surface area (Å²) in [5, 5.41) is 12.4. The summed E-state index contributed by atoms with van der Waals surface area (Å²) >= 11 is 0. The van der Waals surface area contributed by atoms with Crippen LogP contribution in [-0.4, -0.2) is 12.6 Å². The Kier molecular flexibility index (Phi) is 14.9. The monoisotopic (exact) mass is 681 g/mol. The zero-order valence-electron chi connectivity index (χ0n) is 31.7.